The number of para-hydroxylation sites is 1. The van der Waals surface area contributed by atoms with Crippen LogP contribution in [-0.4, -0.2) is 0 Å². The minimum absolute atomic E-state index is 0.00217. The fraction of sp³-hybridized carbons (Fsp3) is 0.133. The third-order valence-corrected chi connectivity index (χ3v) is 2.74. The smallest absolute Gasteiger partial charge is 0.201 e. The summed E-state index contributed by atoms with van der Waals surface area (Å²) in [5.41, 5.74) is 3.88. The van der Waals surface area contributed by atoms with Crippen LogP contribution in [0.1, 0.15) is 11.1 Å². The van der Waals surface area contributed by atoms with Gasteiger partial charge in [-0.05, 0) is 37.1 Å². The van der Waals surface area contributed by atoms with E-state index in [0.29, 0.717) is 5.69 Å². The average molecular weight is 225 g/mol. The Morgan fingerprint density at radius 2 is 1.47 bits per heavy atom. The van der Waals surface area contributed by atoms with Crippen molar-refractivity contribution >= 4 is 11.4 Å². The molecule has 0 radical (unpaired) electrons. The third kappa shape index (κ3) is 2.53. The molecule has 2 nitrogen and oxygen atoms in total. The molecule has 0 unspecified atom stereocenters. The van der Waals surface area contributed by atoms with Gasteiger partial charge < -0.3 is 5.32 Å². The molecule has 17 heavy (non-hydrogen) atoms. The Labute approximate surface area is 101 Å². The van der Waals surface area contributed by atoms with Gasteiger partial charge >= 0.3 is 0 Å². The number of hydrogen-bond donors (Lipinski definition) is 1. The van der Waals surface area contributed by atoms with Crippen LogP contribution in [0.5, 0.6) is 0 Å². The molecule has 0 heterocycles. The number of anilines is 2. The lowest BCUT2D eigenvalue weighted by atomic mass is 10.1. The van der Waals surface area contributed by atoms with E-state index in [1.807, 2.05) is 44.2 Å². The Morgan fingerprint density at radius 3 is 2.18 bits per heavy atom. The summed E-state index contributed by atoms with van der Waals surface area (Å²) in [7, 11) is 0. The molecule has 2 aromatic carbocycles. The Kier molecular flexibility index (Phi) is 3.24. The molecule has 0 spiro atoms. The van der Waals surface area contributed by atoms with E-state index in [2.05, 4.69) is 5.32 Å². The lowest BCUT2D eigenvalue weighted by Crippen LogP contribution is -2.05. The van der Waals surface area contributed by atoms with E-state index >= 15 is 0 Å². The Morgan fingerprint density at radius 1 is 0.824 bits per heavy atom. The molecule has 0 amide bonds. The van der Waals surface area contributed by atoms with Gasteiger partial charge in [0.05, 0.1) is 5.69 Å². The maximum absolute atomic E-state index is 11.8. The number of rotatable bonds is 2. The first-order valence-corrected chi connectivity index (χ1v) is 5.61. The summed E-state index contributed by atoms with van der Waals surface area (Å²) in [6.07, 6.45) is 0. The highest BCUT2D eigenvalue weighted by Crippen LogP contribution is 2.22. The van der Waals surface area contributed by atoms with E-state index in [0.717, 1.165) is 16.8 Å². The van der Waals surface area contributed by atoms with Crippen LogP contribution < -0.4 is 10.7 Å². The highest BCUT2D eigenvalue weighted by Gasteiger charge is 2.03. The van der Waals surface area contributed by atoms with E-state index in [9.17, 15) is 4.79 Å². The molecule has 2 rings (SSSR count). The molecule has 0 atom stereocenters. The normalized spacial score (nSPS) is 10.0. The standard InChI is InChI=1S/C15H15NO/c1-11-7-6-8-12(2)15(11)16-13-9-4-3-5-10-14(13)17/h3-10H,1-2H3,(H,16,17). The number of nitrogens with one attached hydrogen (secondary N) is 1. The van der Waals surface area contributed by atoms with Gasteiger partial charge in [0, 0.05) is 5.69 Å². The molecule has 0 fully saturated rings. The predicted molar refractivity (Wildman–Crippen MR) is 71.9 cm³/mol. The van der Waals surface area contributed by atoms with Gasteiger partial charge in [0.15, 0.2) is 0 Å². The highest BCUT2D eigenvalue weighted by atomic mass is 16.1. The van der Waals surface area contributed by atoms with Gasteiger partial charge in [0.25, 0.3) is 0 Å². The molecule has 0 aliphatic heterocycles. The molecule has 0 aromatic heterocycles. The SMILES string of the molecule is Cc1cccc(C)c1Nc1cccccc1=O. The second kappa shape index (κ2) is 4.83. The maximum Gasteiger partial charge on any atom is 0.201 e. The minimum Gasteiger partial charge on any atom is -0.352 e. The van der Waals surface area contributed by atoms with Gasteiger partial charge in [-0.2, -0.15) is 0 Å². The van der Waals surface area contributed by atoms with Crippen molar-refractivity contribution in [3.05, 3.63) is 69.9 Å². The molecule has 0 aliphatic rings. The quantitative estimate of drug-likeness (QED) is 0.848. The fourth-order valence-electron chi connectivity index (χ4n) is 1.78. The molecule has 2 heteroatoms. The van der Waals surface area contributed by atoms with Gasteiger partial charge in [0.1, 0.15) is 0 Å². The van der Waals surface area contributed by atoms with Crippen LogP contribution in [0, 0.1) is 13.8 Å². The maximum atomic E-state index is 11.8. The first-order chi connectivity index (χ1) is 8.18. The largest absolute Gasteiger partial charge is 0.352 e. The molecular formula is C15H15NO. The van der Waals surface area contributed by atoms with Crippen molar-refractivity contribution in [3.8, 4) is 0 Å². The van der Waals surface area contributed by atoms with Crippen LogP contribution in [-0.2, 0) is 0 Å². The van der Waals surface area contributed by atoms with Crippen molar-refractivity contribution < 1.29 is 0 Å². The van der Waals surface area contributed by atoms with E-state index in [-0.39, 0.29) is 5.43 Å². The van der Waals surface area contributed by atoms with Crippen molar-refractivity contribution in [3.63, 3.8) is 0 Å². The zero-order valence-electron chi connectivity index (χ0n) is 10.0. The molecule has 0 bridgehead atoms. The van der Waals surface area contributed by atoms with E-state index < -0.39 is 0 Å². The summed E-state index contributed by atoms with van der Waals surface area (Å²) in [6, 6.07) is 14.9. The van der Waals surface area contributed by atoms with Gasteiger partial charge in [0.2, 0.25) is 5.43 Å². The zero-order valence-corrected chi connectivity index (χ0v) is 10.0. The third-order valence-electron chi connectivity index (χ3n) is 2.74. The van der Waals surface area contributed by atoms with E-state index in [4.69, 9.17) is 0 Å². The molecule has 2 aromatic rings. The number of hydrogen-bond acceptors (Lipinski definition) is 2. The summed E-state index contributed by atoms with van der Waals surface area (Å²) >= 11 is 0. The molecular weight excluding hydrogens is 210 g/mol. The topological polar surface area (TPSA) is 29.1 Å². The highest BCUT2D eigenvalue weighted by molar-refractivity contribution is 5.66. The van der Waals surface area contributed by atoms with Gasteiger partial charge in [-0.25, -0.2) is 0 Å². The van der Waals surface area contributed by atoms with E-state index in [1.54, 1.807) is 18.2 Å². The molecule has 1 N–H and O–H groups in total. The Bertz CT molecular complexity index is 570. The minimum atomic E-state index is -0.00217. The number of benzene rings is 1. The van der Waals surface area contributed by atoms with Crippen molar-refractivity contribution in [2.45, 2.75) is 13.8 Å². The Balaban J connectivity index is 2.46. The first kappa shape index (κ1) is 11.4. The van der Waals surface area contributed by atoms with E-state index in [1.165, 1.54) is 0 Å². The van der Waals surface area contributed by atoms with Crippen LogP contribution in [0.3, 0.4) is 0 Å². The van der Waals surface area contributed by atoms with Gasteiger partial charge in [-0.3, -0.25) is 4.79 Å². The lowest BCUT2D eigenvalue weighted by Gasteiger charge is -2.11. The van der Waals surface area contributed by atoms with Crippen LogP contribution in [0.4, 0.5) is 11.4 Å². The van der Waals surface area contributed by atoms with Crippen molar-refractivity contribution in [1.82, 2.24) is 0 Å². The second-order valence-corrected chi connectivity index (χ2v) is 4.08. The van der Waals surface area contributed by atoms with Crippen LogP contribution in [0.2, 0.25) is 0 Å². The predicted octanol–water partition coefficient (Wildman–Crippen LogP) is 3.41. The lowest BCUT2D eigenvalue weighted by molar-refractivity contribution is 1.35. The monoisotopic (exact) mass is 225 g/mol. The Hall–Kier alpha value is -2.09. The van der Waals surface area contributed by atoms with Crippen LogP contribution >= 0.6 is 0 Å². The summed E-state index contributed by atoms with van der Waals surface area (Å²) in [6.45, 7) is 4.06. The van der Waals surface area contributed by atoms with Crippen LogP contribution in [0.15, 0.2) is 53.3 Å². The molecule has 0 saturated heterocycles. The summed E-state index contributed by atoms with van der Waals surface area (Å²) in [5, 5.41) is 3.22. The summed E-state index contributed by atoms with van der Waals surface area (Å²) in [4.78, 5) is 11.8. The van der Waals surface area contributed by atoms with Gasteiger partial charge in [-0.15, -0.1) is 0 Å². The van der Waals surface area contributed by atoms with Crippen molar-refractivity contribution in [2.75, 3.05) is 5.32 Å². The molecule has 0 saturated carbocycles. The molecule has 86 valence electrons. The van der Waals surface area contributed by atoms with Gasteiger partial charge in [-0.1, -0.05) is 36.4 Å². The summed E-state index contributed by atoms with van der Waals surface area (Å²) < 4.78 is 0. The molecule has 0 aliphatic carbocycles. The fourth-order valence-corrected chi connectivity index (χ4v) is 1.78. The first-order valence-electron chi connectivity index (χ1n) is 5.61. The average Bonchev–Trinajstić information content (AvgIpc) is 2.49. The van der Waals surface area contributed by atoms with Crippen LogP contribution in [0.25, 0.3) is 0 Å². The summed E-state index contributed by atoms with van der Waals surface area (Å²) in [5.74, 6) is 0. The number of aryl methyl sites for hydroxylation is 2. The van der Waals surface area contributed by atoms with Crippen molar-refractivity contribution in [2.24, 2.45) is 0 Å². The zero-order chi connectivity index (χ0) is 12.3. The van der Waals surface area contributed by atoms with Crippen molar-refractivity contribution in [1.29, 1.82) is 0 Å². The second-order valence-electron chi connectivity index (χ2n) is 4.08.